The minimum Gasteiger partial charge on any atom is -0.339 e. The molecule has 3 heterocycles. The Kier molecular flexibility index (Phi) is 3.72. The first kappa shape index (κ1) is 15.4. The lowest BCUT2D eigenvalue weighted by Gasteiger charge is -2.42. The number of carbonyl (C=O) groups is 1. The van der Waals surface area contributed by atoms with Gasteiger partial charge in [0.25, 0.3) is 0 Å². The van der Waals surface area contributed by atoms with E-state index in [0.717, 1.165) is 12.0 Å². The van der Waals surface area contributed by atoms with E-state index >= 15 is 0 Å². The Labute approximate surface area is 131 Å². The van der Waals surface area contributed by atoms with Crippen molar-refractivity contribution in [3.63, 3.8) is 0 Å². The predicted octanol–water partition coefficient (Wildman–Crippen LogP) is 0.822. The minimum atomic E-state index is -3.15. The zero-order valence-electron chi connectivity index (χ0n) is 12.9. The third-order valence-corrected chi connectivity index (χ3v) is 6.44. The molecule has 0 aromatic carbocycles. The van der Waals surface area contributed by atoms with Gasteiger partial charge in [0.1, 0.15) is 0 Å². The second-order valence-corrected chi connectivity index (χ2v) is 8.31. The molecule has 1 aromatic rings. The Balaban J connectivity index is 1.81. The molecule has 1 amide bonds. The van der Waals surface area contributed by atoms with Crippen LogP contribution < -0.4 is 0 Å². The lowest BCUT2D eigenvalue weighted by atomic mass is 9.82. The van der Waals surface area contributed by atoms with Gasteiger partial charge in [-0.3, -0.25) is 9.78 Å². The van der Waals surface area contributed by atoms with E-state index < -0.39 is 10.0 Å². The van der Waals surface area contributed by atoms with Gasteiger partial charge in [-0.2, -0.15) is 0 Å². The third-order valence-electron chi connectivity index (χ3n) is 5.13. The fraction of sp³-hybridized carbons (Fsp3) is 0.600. The largest absolute Gasteiger partial charge is 0.339 e. The van der Waals surface area contributed by atoms with Crippen molar-refractivity contribution in [2.24, 2.45) is 0 Å². The van der Waals surface area contributed by atoms with Gasteiger partial charge >= 0.3 is 0 Å². The Morgan fingerprint density at radius 2 is 2.00 bits per heavy atom. The highest BCUT2D eigenvalue weighted by Crippen LogP contribution is 2.44. The number of pyridine rings is 1. The van der Waals surface area contributed by atoms with Crippen molar-refractivity contribution in [2.45, 2.75) is 30.7 Å². The first-order valence-electron chi connectivity index (χ1n) is 7.46. The molecular formula is C15H21N3O3S. The highest BCUT2D eigenvalue weighted by molar-refractivity contribution is 7.88. The molecule has 2 aliphatic heterocycles. The van der Waals surface area contributed by atoms with Gasteiger partial charge in [-0.25, -0.2) is 12.7 Å². The summed E-state index contributed by atoms with van der Waals surface area (Å²) in [6.45, 7) is 0.965. The van der Waals surface area contributed by atoms with E-state index in [4.69, 9.17) is 0 Å². The number of amides is 1. The number of hydrogen-bond donors (Lipinski definition) is 0. The standard InChI is InChI=1S/C15H21N3O3S/c1-17-14(19)13(12-4-3-7-16-11-12)10-15(17)5-8-18(9-6-15)22(2,20)21/h3-4,7,11,13H,5-6,8-10H2,1-2H3/t13-/m0/s1. The maximum Gasteiger partial charge on any atom is 0.230 e. The first-order valence-corrected chi connectivity index (χ1v) is 9.31. The molecule has 7 heteroatoms. The molecule has 0 saturated carbocycles. The van der Waals surface area contributed by atoms with E-state index in [1.54, 1.807) is 12.4 Å². The topological polar surface area (TPSA) is 70.6 Å². The van der Waals surface area contributed by atoms with Crippen LogP contribution in [0, 0.1) is 0 Å². The molecule has 6 nitrogen and oxygen atoms in total. The number of likely N-dealkylation sites (N-methyl/N-ethyl adjacent to an activating group) is 1. The monoisotopic (exact) mass is 323 g/mol. The minimum absolute atomic E-state index is 0.112. The molecule has 0 N–H and O–H groups in total. The van der Waals surface area contributed by atoms with Gasteiger partial charge in [0.15, 0.2) is 0 Å². The highest BCUT2D eigenvalue weighted by atomic mass is 32.2. The number of sulfonamides is 1. The Hall–Kier alpha value is -1.47. The molecule has 1 atom stereocenters. The van der Waals surface area contributed by atoms with Crippen LogP contribution in [-0.4, -0.2) is 60.4 Å². The smallest absolute Gasteiger partial charge is 0.230 e. The van der Waals surface area contributed by atoms with Gasteiger partial charge in [-0.15, -0.1) is 0 Å². The molecule has 2 aliphatic rings. The van der Waals surface area contributed by atoms with Crippen molar-refractivity contribution >= 4 is 15.9 Å². The van der Waals surface area contributed by atoms with Gasteiger partial charge < -0.3 is 4.90 Å². The number of likely N-dealkylation sites (tertiary alicyclic amines) is 1. The fourth-order valence-electron chi connectivity index (χ4n) is 3.69. The Morgan fingerprint density at radius 3 is 2.55 bits per heavy atom. The number of piperidine rings is 1. The fourth-order valence-corrected chi connectivity index (χ4v) is 4.53. The van der Waals surface area contributed by atoms with Crippen LogP contribution in [0.15, 0.2) is 24.5 Å². The van der Waals surface area contributed by atoms with E-state index in [2.05, 4.69) is 4.98 Å². The summed E-state index contributed by atoms with van der Waals surface area (Å²) in [5, 5.41) is 0. The molecule has 120 valence electrons. The molecule has 0 radical (unpaired) electrons. The van der Waals surface area contributed by atoms with E-state index in [9.17, 15) is 13.2 Å². The van der Waals surface area contributed by atoms with Crippen LogP contribution in [0.1, 0.15) is 30.7 Å². The molecule has 2 fully saturated rings. The molecule has 0 bridgehead atoms. The summed E-state index contributed by atoms with van der Waals surface area (Å²) in [7, 11) is -1.31. The SMILES string of the molecule is CN1C(=O)[C@H](c2cccnc2)CC12CCN(S(C)(=O)=O)CC2. The van der Waals surface area contributed by atoms with Gasteiger partial charge in [-0.05, 0) is 30.9 Å². The second kappa shape index (κ2) is 5.31. The predicted molar refractivity (Wildman–Crippen MR) is 82.7 cm³/mol. The summed E-state index contributed by atoms with van der Waals surface area (Å²) in [5.41, 5.74) is 0.723. The molecule has 1 aromatic heterocycles. The van der Waals surface area contributed by atoms with Crippen LogP contribution in [0.3, 0.4) is 0 Å². The molecule has 22 heavy (non-hydrogen) atoms. The van der Waals surface area contributed by atoms with Crippen molar-refractivity contribution in [3.8, 4) is 0 Å². The van der Waals surface area contributed by atoms with Crippen molar-refractivity contribution < 1.29 is 13.2 Å². The van der Waals surface area contributed by atoms with Gasteiger partial charge in [0.05, 0.1) is 12.2 Å². The Bertz CT molecular complexity index is 667. The normalized spacial score (nSPS) is 25.8. The number of nitrogens with zero attached hydrogens (tertiary/aromatic N) is 3. The van der Waals surface area contributed by atoms with Crippen LogP contribution in [0.2, 0.25) is 0 Å². The van der Waals surface area contributed by atoms with Crippen LogP contribution in [0.25, 0.3) is 0 Å². The average molecular weight is 323 g/mol. The molecule has 3 rings (SSSR count). The van der Waals surface area contributed by atoms with E-state index in [0.29, 0.717) is 25.9 Å². The van der Waals surface area contributed by atoms with Crippen molar-refractivity contribution in [1.29, 1.82) is 0 Å². The summed E-state index contributed by atoms with van der Waals surface area (Å²) in [6.07, 6.45) is 6.82. The van der Waals surface area contributed by atoms with Gasteiger partial charge in [0, 0.05) is 38.1 Å². The molecule has 1 spiro atoms. The maximum absolute atomic E-state index is 12.6. The highest BCUT2D eigenvalue weighted by Gasteiger charge is 2.51. The van der Waals surface area contributed by atoms with Crippen LogP contribution in [0.4, 0.5) is 0 Å². The number of hydrogen-bond acceptors (Lipinski definition) is 4. The molecular weight excluding hydrogens is 302 g/mol. The van der Waals surface area contributed by atoms with Gasteiger partial charge in [-0.1, -0.05) is 6.07 Å². The summed E-state index contributed by atoms with van der Waals surface area (Å²) in [4.78, 5) is 18.6. The van der Waals surface area contributed by atoms with Crippen molar-refractivity contribution in [1.82, 2.24) is 14.2 Å². The summed E-state index contributed by atoms with van der Waals surface area (Å²) >= 11 is 0. The number of rotatable bonds is 2. The maximum atomic E-state index is 12.6. The summed E-state index contributed by atoms with van der Waals surface area (Å²) in [5.74, 6) is -0.0516. The van der Waals surface area contributed by atoms with Crippen molar-refractivity contribution in [3.05, 3.63) is 30.1 Å². The average Bonchev–Trinajstić information content (AvgIpc) is 2.73. The zero-order valence-corrected chi connectivity index (χ0v) is 13.7. The van der Waals surface area contributed by atoms with E-state index in [-0.39, 0.29) is 17.4 Å². The lowest BCUT2D eigenvalue weighted by molar-refractivity contribution is -0.131. The Morgan fingerprint density at radius 1 is 1.32 bits per heavy atom. The number of carbonyl (C=O) groups excluding carboxylic acids is 1. The zero-order chi connectivity index (χ0) is 16.0. The summed E-state index contributed by atoms with van der Waals surface area (Å²) < 4.78 is 24.8. The molecule has 0 aliphatic carbocycles. The molecule has 2 saturated heterocycles. The number of aromatic nitrogens is 1. The van der Waals surface area contributed by atoms with Crippen LogP contribution in [-0.2, 0) is 14.8 Å². The summed E-state index contributed by atoms with van der Waals surface area (Å²) in [6, 6.07) is 3.79. The van der Waals surface area contributed by atoms with Crippen molar-refractivity contribution in [2.75, 3.05) is 26.4 Å². The van der Waals surface area contributed by atoms with E-state index in [1.807, 2.05) is 24.1 Å². The van der Waals surface area contributed by atoms with Gasteiger partial charge in [0.2, 0.25) is 15.9 Å². The third kappa shape index (κ3) is 2.52. The molecule has 0 unspecified atom stereocenters. The van der Waals surface area contributed by atoms with E-state index in [1.165, 1.54) is 10.6 Å². The lowest BCUT2D eigenvalue weighted by Crippen LogP contribution is -2.52. The quantitative estimate of drug-likeness (QED) is 0.808. The van der Waals surface area contributed by atoms with Crippen LogP contribution >= 0.6 is 0 Å². The first-order chi connectivity index (χ1) is 10.3. The second-order valence-electron chi connectivity index (χ2n) is 6.33. The van der Waals surface area contributed by atoms with Crippen LogP contribution in [0.5, 0.6) is 0 Å².